The molecule has 0 aliphatic carbocycles. The quantitative estimate of drug-likeness (QED) is 0.466. The van der Waals surface area contributed by atoms with Crippen molar-refractivity contribution in [3.8, 4) is 0 Å². The molecule has 0 heterocycles. The Balaban J connectivity index is 3.25. The minimum absolute atomic E-state index is 0.0431. The monoisotopic (exact) mass is 263 g/mol. The van der Waals surface area contributed by atoms with E-state index in [0.717, 1.165) is 6.07 Å². The maximum atomic E-state index is 12.6. The van der Waals surface area contributed by atoms with Crippen molar-refractivity contribution in [3.05, 3.63) is 39.4 Å². The van der Waals surface area contributed by atoms with Crippen LogP contribution in [0.3, 0.4) is 0 Å². The van der Waals surface area contributed by atoms with Gasteiger partial charge in [0.25, 0.3) is 12.1 Å². The third kappa shape index (κ3) is 3.20. The number of nitro groups is 1. The van der Waals surface area contributed by atoms with Crippen molar-refractivity contribution in [1.29, 1.82) is 0 Å². The number of hydrogen-bond acceptors (Lipinski definition) is 3. The van der Waals surface area contributed by atoms with Crippen LogP contribution in [0.15, 0.2) is 18.2 Å². The number of nitrogens with zero attached hydrogens (tertiary/aromatic N) is 1. The zero-order chi connectivity index (χ0) is 13.0. The summed E-state index contributed by atoms with van der Waals surface area (Å²) in [4.78, 5) is 20.9. The zero-order valence-corrected chi connectivity index (χ0v) is 9.29. The van der Waals surface area contributed by atoms with Gasteiger partial charge in [-0.05, 0) is 6.07 Å². The number of halogens is 3. The van der Waals surface area contributed by atoms with E-state index < -0.39 is 28.4 Å². The maximum absolute atomic E-state index is 12.6. The number of ketones is 1. The van der Waals surface area contributed by atoms with Crippen molar-refractivity contribution in [3.63, 3.8) is 0 Å². The molecule has 0 aliphatic heterocycles. The van der Waals surface area contributed by atoms with Crippen LogP contribution in [0, 0.1) is 10.1 Å². The summed E-state index contributed by atoms with van der Waals surface area (Å²) in [6.45, 7) is 0. The summed E-state index contributed by atoms with van der Waals surface area (Å²) in [6.07, 6.45) is -3.28. The fourth-order valence-corrected chi connectivity index (χ4v) is 1.51. The zero-order valence-electron chi connectivity index (χ0n) is 8.53. The number of nitro benzene ring substituents is 1. The molecule has 0 fully saturated rings. The molecular weight excluding hydrogens is 256 g/mol. The normalized spacial score (nSPS) is 10.6. The number of Topliss-reactive ketones (excluding diaryl/α,β-unsaturated/α-hetero) is 1. The first-order chi connectivity index (χ1) is 7.97. The van der Waals surface area contributed by atoms with Gasteiger partial charge in [0.1, 0.15) is 0 Å². The molecule has 17 heavy (non-hydrogen) atoms. The number of hydrogen-bond donors (Lipinski definition) is 0. The van der Waals surface area contributed by atoms with E-state index >= 15 is 0 Å². The molecule has 0 radical (unpaired) electrons. The molecule has 0 N–H and O–H groups in total. The minimum atomic E-state index is -2.96. The summed E-state index contributed by atoms with van der Waals surface area (Å²) < 4.78 is 25.1. The first kappa shape index (κ1) is 13.5. The largest absolute Gasteiger partial charge is 0.298 e. The smallest absolute Gasteiger partial charge is 0.281 e. The summed E-state index contributed by atoms with van der Waals surface area (Å²) in [7, 11) is 0. The highest BCUT2D eigenvalue weighted by atomic mass is 35.5. The van der Waals surface area contributed by atoms with Crippen LogP contribution in [0.2, 0.25) is 0 Å². The van der Waals surface area contributed by atoms with Crippen LogP contribution in [-0.4, -0.2) is 16.6 Å². The molecule has 0 amide bonds. The Bertz CT molecular complexity index is 451. The summed E-state index contributed by atoms with van der Waals surface area (Å²) in [5.41, 5.74) is -1.44. The van der Waals surface area contributed by atoms with Gasteiger partial charge in [0.05, 0.1) is 16.4 Å². The van der Waals surface area contributed by atoms with Gasteiger partial charge in [0.15, 0.2) is 5.78 Å². The lowest BCUT2D eigenvalue weighted by Crippen LogP contribution is -2.08. The van der Waals surface area contributed by atoms with Gasteiger partial charge in [0.2, 0.25) is 0 Å². The van der Waals surface area contributed by atoms with Gasteiger partial charge >= 0.3 is 0 Å². The van der Waals surface area contributed by atoms with Gasteiger partial charge in [0, 0.05) is 12.0 Å². The van der Waals surface area contributed by atoms with Crippen molar-refractivity contribution in [2.75, 3.05) is 5.88 Å². The van der Waals surface area contributed by atoms with E-state index in [9.17, 15) is 23.7 Å². The lowest BCUT2D eigenvalue weighted by Gasteiger charge is -2.06. The van der Waals surface area contributed by atoms with Crippen molar-refractivity contribution < 1.29 is 18.5 Å². The number of para-hydroxylation sites is 1. The van der Waals surface area contributed by atoms with Crippen LogP contribution in [-0.2, 0) is 11.2 Å². The van der Waals surface area contributed by atoms with E-state index in [1.807, 2.05) is 0 Å². The second-order valence-electron chi connectivity index (χ2n) is 3.26. The number of rotatable bonds is 5. The molecule has 1 aromatic carbocycles. The average Bonchev–Trinajstić information content (AvgIpc) is 2.28. The number of carbonyl (C=O) groups excluding carboxylic acids is 1. The van der Waals surface area contributed by atoms with Gasteiger partial charge in [-0.1, -0.05) is 12.1 Å². The highest BCUT2D eigenvalue weighted by Crippen LogP contribution is 2.32. The van der Waals surface area contributed by atoms with Crippen LogP contribution in [0.5, 0.6) is 0 Å². The molecule has 0 aromatic heterocycles. The first-order valence-corrected chi connectivity index (χ1v) is 5.12. The van der Waals surface area contributed by atoms with Gasteiger partial charge in [-0.3, -0.25) is 14.9 Å². The van der Waals surface area contributed by atoms with Crippen molar-refractivity contribution in [2.24, 2.45) is 0 Å². The van der Waals surface area contributed by atoms with Crippen LogP contribution in [0.4, 0.5) is 14.5 Å². The third-order valence-electron chi connectivity index (χ3n) is 2.11. The molecule has 1 aromatic rings. The standard InChI is InChI=1S/C10H8ClF2NO3/c11-5-7(15)4-6-2-1-3-8(10(12)13)9(6)14(16)17/h1-3,10H,4-5H2. The minimum Gasteiger partial charge on any atom is -0.298 e. The second-order valence-corrected chi connectivity index (χ2v) is 3.53. The summed E-state index contributed by atoms with van der Waals surface area (Å²) in [6, 6.07) is 3.50. The van der Waals surface area contributed by atoms with E-state index in [2.05, 4.69) is 0 Å². The molecule has 0 bridgehead atoms. The molecule has 0 saturated heterocycles. The summed E-state index contributed by atoms with van der Waals surface area (Å²) in [5, 5.41) is 10.7. The highest BCUT2D eigenvalue weighted by molar-refractivity contribution is 6.27. The highest BCUT2D eigenvalue weighted by Gasteiger charge is 2.25. The van der Waals surface area contributed by atoms with Gasteiger partial charge in [-0.15, -0.1) is 11.6 Å². The number of benzene rings is 1. The van der Waals surface area contributed by atoms with Gasteiger partial charge in [-0.2, -0.15) is 0 Å². The Labute approximate surface area is 100 Å². The van der Waals surface area contributed by atoms with E-state index in [1.165, 1.54) is 12.1 Å². The molecule has 0 atom stereocenters. The van der Waals surface area contributed by atoms with Gasteiger partial charge < -0.3 is 0 Å². The molecule has 0 unspecified atom stereocenters. The van der Waals surface area contributed by atoms with Crippen LogP contribution in [0.1, 0.15) is 17.6 Å². The Kier molecular flexibility index (Phi) is 4.51. The summed E-state index contributed by atoms with van der Waals surface area (Å²) >= 11 is 5.27. The predicted molar refractivity (Wildman–Crippen MR) is 57.5 cm³/mol. The topological polar surface area (TPSA) is 60.2 Å². The Morgan fingerprint density at radius 2 is 2.12 bits per heavy atom. The molecule has 0 aliphatic rings. The molecule has 92 valence electrons. The fourth-order valence-electron chi connectivity index (χ4n) is 1.41. The Morgan fingerprint density at radius 1 is 1.47 bits per heavy atom. The van der Waals surface area contributed by atoms with Crippen molar-refractivity contribution >= 4 is 23.1 Å². The molecule has 0 saturated carbocycles. The van der Waals surface area contributed by atoms with E-state index in [0.29, 0.717) is 0 Å². The lowest BCUT2D eigenvalue weighted by molar-refractivity contribution is -0.387. The fraction of sp³-hybridized carbons (Fsp3) is 0.300. The van der Waals surface area contributed by atoms with Crippen LogP contribution >= 0.6 is 11.6 Å². The molecular formula is C10H8ClF2NO3. The summed E-state index contributed by atoms with van der Waals surface area (Å²) in [5.74, 6) is -0.767. The van der Waals surface area contributed by atoms with Gasteiger partial charge in [-0.25, -0.2) is 8.78 Å². The molecule has 1 rings (SSSR count). The molecule has 7 heteroatoms. The third-order valence-corrected chi connectivity index (χ3v) is 2.40. The SMILES string of the molecule is O=C(CCl)Cc1cccc(C(F)F)c1[N+](=O)[O-]. The molecule has 0 spiro atoms. The number of alkyl halides is 3. The first-order valence-electron chi connectivity index (χ1n) is 4.59. The van der Waals surface area contributed by atoms with Crippen LogP contribution in [0.25, 0.3) is 0 Å². The van der Waals surface area contributed by atoms with Crippen LogP contribution < -0.4 is 0 Å². The molecule has 4 nitrogen and oxygen atoms in total. The predicted octanol–water partition coefficient (Wildman–Crippen LogP) is 2.88. The second kappa shape index (κ2) is 5.67. The van der Waals surface area contributed by atoms with E-state index in [1.54, 1.807) is 0 Å². The number of carbonyl (C=O) groups is 1. The Morgan fingerprint density at radius 3 is 2.59 bits per heavy atom. The average molecular weight is 264 g/mol. The Hall–Kier alpha value is -1.56. The van der Waals surface area contributed by atoms with E-state index in [-0.39, 0.29) is 17.9 Å². The van der Waals surface area contributed by atoms with Crippen molar-refractivity contribution in [1.82, 2.24) is 0 Å². The maximum Gasteiger partial charge on any atom is 0.281 e. The van der Waals surface area contributed by atoms with E-state index in [4.69, 9.17) is 11.6 Å². The van der Waals surface area contributed by atoms with Crippen molar-refractivity contribution in [2.45, 2.75) is 12.8 Å². The lowest BCUT2D eigenvalue weighted by atomic mass is 10.0.